The topological polar surface area (TPSA) is 67.6 Å². The fourth-order valence-electron chi connectivity index (χ4n) is 1.49. The molecule has 1 amide bonds. The summed E-state index contributed by atoms with van der Waals surface area (Å²) in [5.74, 6) is 5.37. The number of amides is 1. The largest absolute Gasteiger partial charge is 0.444 e. The summed E-state index contributed by atoms with van der Waals surface area (Å²) in [4.78, 5) is 11.7. The number of benzene rings is 1. The Bertz CT molecular complexity index is 395. The number of nitrogens with zero attached hydrogens (tertiary/aromatic N) is 1. The van der Waals surface area contributed by atoms with Gasteiger partial charge in [0.05, 0.1) is 0 Å². The zero-order valence-corrected chi connectivity index (χ0v) is 10.2. The van der Waals surface area contributed by atoms with E-state index < -0.39 is 11.8 Å². The van der Waals surface area contributed by atoms with Gasteiger partial charge in [-0.05, 0) is 18.4 Å². The van der Waals surface area contributed by atoms with Crippen LogP contribution in [0.4, 0.5) is 4.79 Å². The van der Waals surface area contributed by atoms with Crippen LogP contribution in [0.3, 0.4) is 0 Å². The number of carbonyl (C=O) groups excluding carboxylic acids is 1. The third-order valence-corrected chi connectivity index (χ3v) is 3.32. The molecule has 0 heterocycles. The highest BCUT2D eigenvalue weighted by molar-refractivity contribution is 7.78. The van der Waals surface area contributed by atoms with Gasteiger partial charge < -0.3 is 4.74 Å². The Labute approximate surface area is 105 Å². The fourth-order valence-corrected chi connectivity index (χ4v) is 1.81. The van der Waals surface area contributed by atoms with Crippen LogP contribution in [0, 0.1) is 0 Å². The summed E-state index contributed by atoms with van der Waals surface area (Å²) in [6, 6.07) is 9.49. The zero-order chi connectivity index (χ0) is 12.3. The SMILES string of the molecule is NNC1(N(S)C(=O)OCc2ccccc2)CC1. The standard InChI is InChI=1S/C11H15N3O2S/c12-13-11(6-7-11)14(17)10(15)16-8-9-4-2-1-3-5-9/h1-5,13,17H,6-8,12H2. The van der Waals surface area contributed by atoms with Gasteiger partial charge in [0.1, 0.15) is 12.3 Å². The van der Waals surface area contributed by atoms with Crippen LogP contribution in [0.1, 0.15) is 18.4 Å². The van der Waals surface area contributed by atoms with Gasteiger partial charge in [0, 0.05) is 0 Å². The molecule has 0 radical (unpaired) electrons. The molecular weight excluding hydrogens is 238 g/mol. The van der Waals surface area contributed by atoms with Gasteiger partial charge in [-0.2, -0.15) is 0 Å². The maximum atomic E-state index is 11.7. The molecule has 92 valence electrons. The number of hydrogen-bond donors (Lipinski definition) is 3. The Morgan fingerprint density at radius 2 is 2.12 bits per heavy atom. The summed E-state index contributed by atoms with van der Waals surface area (Å²) in [5.41, 5.74) is 2.99. The van der Waals surface area contributed by atoms with Gasteiger partial charge in [0.15, 0.2) is 0 Å². The highest BCUT2D eigenvalue weighted by atomic mass is 32.1. The minimum Gasteiger partial charge on any atom is -0.444 e. The summed E-state index contributed by atoms with van der Waals surface area (Å²) >= 11 is 4.11. The van der Waals surface area contributed by atoms with Crippen molar-refractivity contribution in [2.75, 3.05) is 0 Å². The highest BCUT2D eigenvalue weighted by Gasteiger charge is 2.49. The van der Waals surface area contributed by atoms with E-state index in [0.717, 1.165) is 18.4 Å². The van der Waals surface area contributed by atoms with Crippen molar-refractivity contribution in [2.24, 2.45) is 5.84 Å². The number of nitrogens with one attached hydrogen (secondary N) is 1. The van der Waals surface area contributed by atoms with Crippen molar-refractivity contribution in [1.29, 1.82) is 0 Å². The van der Waals surface area contributed by atoms with E-state index >= 15 is 0 Å². The van der Waals surface area contributed by atoms with Gasteiger partial charge in [0.2, 0.25) is 0 Å². The van der Waals surface area contributed by atoms with Gasteiger partial charge in [-0.15, -0.1) is 0 Å². The van der Waals surface area contributed by atoms with E-state index in [0.29, 0.717) is 0 Å². The fraction of sp³-hybridized carbons (Fsp3) is 0.364. The first-order valence-corrected chi connectivity index (χ1v) is 5.75. The van der Waals surface area contributed by atoms with Crippen molar-refractivity contribution in [2.45, 2.75) is 25.1 Å². The van der Waals surface area contributed by atoms with Crippen LogP contribution in [0.5, 0.6) is 0 Å². The minimum absolute atomic E-state index is 0.234. The smallest absolute Gasteiger partial charge is 0.421 e. The maximum absolute atomic E-state index is 11.7. The molecule has 1 fully saturated rings. The van der Waals surface area contributed by atoms with Crippen LogP contribution in [-0.2, 0) is 11.3 Å². The van der Waals surface area contributed by atoms with Crippen LogP contribution in [0.15, 0.2) is 30.3 Å². The first kappa shape index (κ1) is 12.2. The predicted octanol–water partition coefficient (Wildman–Crippen LogP) is 1.42. The molecule has 2 rings (SSSR count). The molecule has 5 nitrogen and oxygen atoms in total. The molecule has 0 unspecified atom stereocenters. The second kappa shape index (κ2) is 4.95. The molecule has 0 saturated heterocycles. The third-order valence-electron chi connectivity index (χ3n) is 2.78. The zero-order valence-electron chi connectivity index (χ0n) is 9.30. The normalized spacial score (nSPS) is 16.4. The predicted molar refractivity (Wildman–Crippen MR) is 66.7 cm³/mol. The molecule has 0 aliphatic heterocycles. The Morgan fingerprint density at radius 3 is 2.65 bits per heavy atom. The average molecular weight is 253 g/mol. The number of thiol groups is 1. The molecule has 1 aromatic rings. The molecule has 0 aromatic heterocycles. The van der Waals surface area contributed by atoms with Crippen LogP contribution < -0.4 is 11.3 Å². The molecule has 6 heteroatoms. The molecule has 1 aromatic carbocycles. The monoisotopic (exact) mass is 253 g/mol. The van der Waals surface area contributed by atoms with E-state index in [1.165, 1.54) is 4.31 Å². The van der Waals surface area contributed by atoms with Crippen molar-refractivity contribution in [1.82, 2.24) is 9.73 Å². The van der Waals surface area contributed by atoms with Crippen molar-refractivity contribution in [3.63, 3.8) is 0 Å². The summed E-state index contributed by atoms with van der Waals surface area (Å²) in [5, 5.41) is 0. The maximum Gasteiger partial charge on any atom is 0.421 e. The number of ether oxygens (including phenoxy) is 1. The average Bonchev–Trinajstić information content (AvgIpc) is 3.17. The lowest BCUT2D eigenvalue weighted by atomic mass is 10.2. The van der Waals surface area contributed by atoms with E-state index in [9.17, 15) is 4.79 Å². The van der Waals surface area contributed by atoms with Crippen LogP contribution in [-0.4, -0.2) is 16.1 Å². The number of hydrazine groups is 1. The second-order valence-electron chi connectivity index (χ2n) is 4.03. The Kier molecular flexibility index (Phi) is 3.56. The van der Waals surface area contributed by atoms with Gasteiger partial charge >= 0.3 is 6.09 Å². The van der Waals surface area contributed by atoms with Crippen molar-refractivity contribution >= 4 is 18.9 Å². The second-order valence-corrected chi connectivity index (χ2v) is 4.43. The van der Waals surface area contributed by atoms with Gasteiger partial charge in [-0.3, -0.25) is 5.84 Å². The van der Waals surface area contributed by atoms with E-state index in [1.54, 1.807) is 0 Å². The van der Waals surface area contributed by atoms with Crippen molar-refractivity contribution < 1.29 is 9.53 Å². The van der Waals surface area contributed by atoms with Crippen molar-refractivity contribution in [3.05, 3.63) is 35.9 Å². The summed E-state index contributed by atoms with van der Waals surface area (Å²) < 4.78 is 6.35. The Morgan fingerprint density at radius 1 is 1.47 bits per heavy atom. The van der Waals surface area contributed by atoms with Crippen LogP contribution in [0.25, 0.3) is 0 Å². The minimum atomic E-state index is -0.531. The molecular formula is C11H15N3O2S. The quantitative estimate of drug-likeness (QED) is 0.328. The lowest BCUT2D eigenvalue weighted by Gasteiger charge is -2.24. The molecule has 3 N–H and O–H groups in total. The molecule has 1 saturated carbocycles. The van der Waals surface area contributed by atoms with Gasteiger partial charge in [-0.25, -0.2) is 14.5 Å². The molecule has 17 heavy (non-hydrogen) atoms. The van der Waals surface area contributed by atoms with E-state index in [4.69, 9.17) is 10.6 Å². The number of hydrogen-bond acceptors (Lipinski definition) is 5. The van der Waals surface area contributed by atoms with Gasteiger partial charge in [0.25, 0.3) is 0 Å². The third kappa shape index (κ3) is 2.71. The molecule has 0 bridgehead atoms. The molecule has 0 spiro atoms. The number of nitrogens with two attached hydrogens (primary N) is 1. The van der Waals surface area contributed by atoms with E-state index in [-0.39, 0.29) is 6.61 Å². The van der Waals surface area contributed by atoms with E-state index in [2.05, 4.69) is 18.2 Å². The van der Waals surface area contributed by atoms with Gasteiger partial charge in [-0.1, -0.05) is 43.1 Å². The number of carbonyl (C=O) groups is 1. The Hall–Kier alpha value is -1.24. The first-order chi connectivity index (χ1) is 8.18. The molecule has 1 aliphatic carbocycles. The Balaban J connectivity index is 1.86. The van der Waals surface area contributed by atoms with Crippen molar-refractivity contribution in [3.8, 4) is 0 Å². The lowest BCUT2D eigenvalue weighted by molar-refractivity contribution is 0.105. The summed E-state index contributed by atoms with van der Waals surface area (Å²) in [6.45, 7) is 0.234. The van der Waals surface area contributed by atoms with E-state index in [1.807, 2.05) is 30.3 Å². The summed E-state index contributed by atoms with van der Waals surface area (Å²) in [6.07, 6.45) is 1.08. The van der Waals surface area contributed by atoms with Crippen LogP contribution in [0.2, 0.25) is 0 Å². The molecule has 0 atom stereocenters. The highest BCUT2D eigenvalue weighted by Crippen LogP contribution is 2.39. The van der Waals surface area contributed by atoms with Crippen LogP contribution >= 0.6 is 12.8 Å². The number of rotatable bonds is 4. The first-order valence-electron chi connectivity index (χ1n) is 5.35. The summed E-state index contributed by atoms with van der Waals surface area (Å²) in [7, 11) is 0. The molecule has 1 aliphatic rings. The lowest BCUT2D eigenvalue weighted by Crippen LogP contribution is -2.49.